The van der Waals surface area contributed by atoms with Gasteiger partial charge in [0.05, 0.1) is 16.0 Å². The Morgan fingerprint density at radius 1 is 0.840 bits per heavy atom. The van der Waals surface area contributed by atoms with Crippen LogP contribution in [0.1, 0.15) is 20.7 Å². The molecule has 11 heteroatoms. The van der Waals surface area contributed by atoms with Crippen LogP contribution in [0.4, 0.5) is 18.9 Å². The third-order valence-electron chi connectivity index (χ3n) is 2.95. The molecule has 0 bridgehead atoms. The quantitative estimate of drug-likeness (QED) is 0.737. The van der Waals surface area contributed by atoms with Crippen molar-refractivity contribution in [1.29, 1.82) is 0 Å². The van der Waals surface area contributed by atoms with E-state index >= 15 is 0 Å². The van der Waals surface area contributed by atoms with E-state index in [-0.39, 0.29) is 12.1 Å². The number of anilines is 1. The molecule has 0 aliphatic heterocycles. The van der Waals surface area contributed by atoms with E-state index in [1.54, 1.807) is 0 Å². The number of hydrogen-bond donors (Lipinski definition) is 3. The van der Waals surface area contributed by atoms with Crippen LogP contribution in [0.25, 0.3) is 0 Å². The smallest absolute Gasteiger partial charge is 0.335 e. The predicted molar refractivity (Wildman–Crippen MR) is 77.5 cm³/mol. The largest absolute Gasteiger partial charge is 0.478 e. The van der Waals surface area contributed by atoms with Crippen LogP contribution in [0.3, 0.4) is 0 Å². The second-order valence-corrected chi connectivity index (χ2v) is 6.39. The summed E-state index contributed by atoms with van der Waals surface area (Å²) in [5.74, 6) is -7.60. The van der Waals surface area contributed by atoms with E-state index in [0.717, 1.165) is 0 Å². The minimum absolute atomic E-state index is 0.233. The number of rotatable bonds is 5. The molecule has 0 unspecified atom stereocenters. The third-order valence-corrected chi connectivity index (χ3v) is 4.28. The molecular weight excluding hydrogens is 367 g/mol. The zero-order chi connectivity index (χ0) is 18.9. The summed E-state index contributed by atoms with van der Waals surface area (Å²) in [5.41, 5.74) is -2.53. The van der Waals surface area contributed by atoms with Gasteiger partial charge in [0.2, 0.25) is 0 Å². The normalized spacial score (nSPS) is 11.2. The first-order valence-electron chi connectivity index (χ1n) is 6.30. The first kappa shape index (κ1) is 18.3. The van der Waals surface area contributed by atoms with E-state index in [9.17, 15) is 31.2 Å². The molecule has 7 nitrogen and oxygen atoms in total. The summed E-state index contributed by atoms with van der Waals surface area (Å²) in [4.78, 5) is 21.1. The van der Waals surface area contributed by atoms with Gasteiger partial charge in [-0.05, 0) is 18.2 Å². The van der Waals surface area contributed by atoms with E-state index in [1.165, 1.54) is 4.72 Å². The molecular formula is C14H8F3NO6S. The minimum atomic E-state index is -4.76. The number of sulfonamides is 1. The fourth-order valence-electron chi connectivity index (χ4n) is 1.83. The van der Waals surface area contributed by atoms with Crippen LogP contribution in [0.5, 0.6) is 0 Å². The summed E-state index contributed by atoms with van der Waals surface area (Å²) < 4.78 is 65.9. The lowest BCUT2D eigenvalue weighted by Crippen LogP contribution is -2.17. The van der Waals surface area contributed by atoms with Crippen LogP contribution < -0.4 is 4.72 Å². The molecule has 2 aromatic carbocycles. The van der Waals surface area contributed by atoms with Gasteiger partial charge in [-0.25, -0.2) is 31.2 Å². The van der Waals surface area contributed by atoms with Crippen LogP contribution in [0.15, 0.2) is 35.2 Å². The minimum Gasteiger partial charge on any atom is -0.478 e. The number of aromatic carboxylic acids is 2. The van der Waals surface area contributed by atoms with Crippen molar-refractivity contribution in [3.63, 3.8) is 0 Å². The first-order chi connectivity index (χ1) is 11.5. The Balaban J connectivity index is 2.57. The predicted octanol–water partition coefficient (Wildman–Crippen LogP) is 2.30. The number of carboxylic acid groups (broad SMARTS) is 2. The average Bonchev–Trinajstić information content (AvgIpc) is 2.50. The molecule has 0 fully saturated rings. The highest BCUT2D eigenvalue weighted by Gasteiger charge is 2.23. The molecule has 25 heavy (non-hydrogen) atoms. The Bertz CT molecular complexity index is 935. The van der Waals surface area contributed by atoms with Crippen molar-refractivity contribution < 1.29 is 41.4 Å². The van der Waals surface area contributed by atoms with Crippen molar-refractivity contribution >= 4 is 27.6 Å². The topological polar surface area (TPSA) is 121 Å². The highest BCUT2D eigenvalue weighted by Crippen LogP contribution is 2.25. The lowest BCUT2D eigenvalue weighted by atomic mass is 10.1. The molecule has 0 heterocycles. The van der Waals surface area contributed by atoms with Crippen LogP contribution in [-0.4, -0.2) is 30.6 Å². The fourth-order valence-corrected chi connectivity index (χ4v) is 2.98. The Kier molecular flexibility index (Phi) is 4.70. The van der Waals surface area contributed by atoms with Gasteiger partial charge in [0, 0.05) is 12.1 Å². The number of benzene rings is 2. The summed E-state index contributed by atoms with van der Waals surface area (Å²) in [6, 6.07) is 2.39. The number of nitrogens with one attached hydrogen (secondary N) is 1. The summed E-state index contributed by atoms with van der Waals surface area (Å²) >= 11 is 0. The number of carbonyl (C=O) groups is 2. The zero-order valence-corrected chi connectivity index (χ0v) is 12.8. The standard InChI is InChI=1S/C14H8F3NO6S/c15-8-4-10(16)12(11(17)5-8)18-25(23,24)9-2-6(13(19)20)1-7(3-9)14(21)22/h1-5,18H,(H,19,20)(H,21,22). The van der Waals surface area contributed by atoms with Gasteiger partial charge in [0.25, 0.3) is 10.0 Å². The monoisotopic (exact) mass is 375 g/mol. The average molecular weight is 375 g/mol. The highest BCUT2D eigenvalue weighted by atomic mass is 32.2. The summed E-state index contributed by atoms with van der Waals surface area (Å²) in [6.45, 7) is 0. The van der Waals surface area contributed by atoms with Crippen molar-refractivity contribution in [3.05, 3.63) is 58.9 Å². The molecule has 0 radical (unpaired) electrons. The molecule has 0 aliphatic carbocycles. The molecule has 2 rings (SSSR count). The number of carboxylic acids is 2. The molecule has 0 aliphatic rings. The zero-order valence-electron chi connectivity index (χ0n) is 12.0. The second kappa shape index (κ2) is 6.43. The van der Waals surface area contributed by atoms with Gasteiger partial charge in [0.15, 0.2) is 11.6 Å². The fraction of sp³-hybridized carbons (Fsp3) is 0. The van der Waals surface area contributed by atoms with Crippen LogP contribution in [0, 0.1) is 17.5 Å². The maximum atomic E-state index is 13.6. The molecule has 0 spiro atoms. The Morgan fingerprint density at radius 3 is 1.68 bits per heavy atom. The van der Waals surface area contributed by atoms with Crippen molar-refractivity contribution in [2.24, 2.45) is 0 Å². The number of halogens is 3. The van der Waals surface area contributed by atoms with Crippen molar-refractivity contribution in [3.8, 4) is 0 Å². The first-order valence-corrected chi connectivity index (χ1v) is 7.78. The third kappa shape index (κ3) is 3.88. The summed E-state index contributed by atoms with van der Waals surface area (Å²) in [5, 5.41) is 17.8. The van der Waals surface area contributed by atoms with Gasteiger partial charge in [-0.15, -0.1) is 0 Å². The Hall–Kier alpha value is -3.08. The van der Waals surface area contributed by atoms with Gasteiger partial charge in [-0.2, -0.15) is 0 Å². The van der Waals surface area contributed by atoms with E-state index in [4.69, 9.17) is 10.2 Å². The molecule has 0 atom stereocenters. The van der Waals surface area contributed by atoms with Gasteiger partial charge in [-0.3, -0.25) is 4.72 Å². The van der Waals surface area contributed by atoms with Gasteiger partial charge < -0.3 is 10.2 Å². The SMILES string of the molecule is O=C(O)c1cc(C(=O)O)cc(S(=O)(=O)Nc2c(F)cc(F)cc2F)c1. The van der Waals surface area contributed by atoms with E-state index in [0.29, 0.717) is 18.2 Å². The van der Waals surface area contributed by atoms with E-state index in [2.05, 4.69) is 0 Å². The maximum Gasteiger partial charge on any atom is 0.335 e. The maximum absolute atomic E-state index is 13.6. The van der Waals surface area contributed by atoms with Gasteiger partial charge in [-0.1, -0.05) is 0 Å². The molecule has 0 aromatic heterocycles. The molecule has 0 amide bonds. The van der Waals surface area contributed by atoms with Gasteiger partial charge >= 0.3 is 11.9 Å². The Labute approximate surface area is 138 Å². The lowest BCUT2D eigenvalue weighted by Gasteiger charge is -2.11. The summed E-state index contributed by atoms with van der Waals surface area (Å²) in [7, 11) is -4.76. The molecule has 3 N–H and O–H groups in total. The summed E-state index contributed by atoms with van der Waals surface area (Å²) in [6.07, 6.45) is 0. The highest BCUT2D eigenvalue weighted by molar-refractivity contribution is 7.92. The van der Waals surface area contributed by atoms with E-state index < -0.39 is 61.1 Å². The molecule has 132 valence electrons. The van der Waals surface area contributed by atoms with Crippen LogP contribution in [-0.2, 0) is 10.0 Å². The molecule has 0 saturated heterocycles. The van der Waals surface area contributed by atoms with Crippen LogP contribution in [0.2, 0.25) is 0 Å². The van der Waals surface area contributed by atoms with Crippen molar-refractivity contribution in [2.45, 2.75) is 4.90 Å². The van der Waals surface area contributed by atoms with E-state index in [1.807, 2.05) is 0 Å². The Morgan fingerprint density at radius 2 is 1.28 bits per heavy atom. The van der Waals surface area contributed by atoms with Gasteiger partial charge in [0.1, 0.15) is 11.5 Å². The number of hydrogen-bond acceptors (Lipinski definition) is 4. The van der Waals surface area contributed by atoms with Crippen molar-refractivity contribution in [2.75, 3.05) is 4.72 Å². The van der Waals surface area contributed by atoms with Crippen molar-refractivity contribution in [1.82, 2.24) is 0 Å². The molecule has 2 aromatic rings. The second-order valence-electron chi connectivity index (χ2n) is 4.71. The molecule has 0 saturated carbocycles. The lowest BCUT2D eigenvalue weighted by molar-refractivity contribution is 0.0696. The van der Waals surface area contributed by atoms with Crippen LogP contribution >= 0.6 is 0 Å².